The van der Waals surface area contributed by atoms with E-state index in [1.54, 1.807) is 24.3 Å². The molecule has 0 aromatic heterocycles. The highest BCUT2D eigenvalue weighted by atomic mass is 19.4. The van der Waals surface area contributed by atoms with Crippen molar-refractivity contribution in [1.82, 2.24) is 0 Å². The Kier molecular flexibility index (Phi) is 10.6. The lowest BCUT2D eigenvalue weighted by atomic mass is 9.72. The van der Waals surface area contributed by atoms with Gasteiger partial charge in [0.15, 0.2) is 5.78 Å². The molecular formula is C22H33F3O2. The van der Waals surface area contributed by atoms with Gasteiger partial charge >= 0.3 is 6.18 Å². The molecule has 2 nitrogen and oxygen atoms in total. The molecule has 0 bridgehead atoms. The number of carbonyl (C=O) groups is 2. The van der Waals surface area contributed by atoms with Crippen molar-refractivity contribution in [3.05, 3.63) is 24.3 Å². The molecule has 0 aliphatic heterocycles. The van der Waals surface area contributed by atoms with Crippen LogP contribution < -0.4 is 0 Å². The number of unbranched alkanes of at least 4 members (excludes halogenated alkanes) is 9. The van der Waals surface area contributed by atoms with Crippen LogP contribution in [-0.4, -0.2) is 17.7 Å². The van der Waals surface area contributed by atoms with E-state index in [-0.39, 0.29) is 0 Å². The molecule has 5 heteroatoms. The molecule has 0 saturated heterocycles. The zero-order valence-electron chi connectivity index (χ0n) is 16.5. The van der Waals surface area contributed by atoms with Crippen molar-refractivity contribution in [2.45, 2.75) is 96.6 Å². The molecule has 0 aromatic carbocycles. The van der Waals surface area contributed by atoms with E-state index in [1.165, 1.54) is 38.5 Å². The maximum absolute atomic E-state index is 12.5. The molecule has 1 aliphatic carbocycles. The molecule has 27 heavy (non-hydrogen) atoms. The van der Waals surface area contributed by atoms with Gasteiger partial charge in [-0.15, -0.1) is 0 Å². The molecule has 0 heterocycles. The average Bonchev–Trinajstić information content (AvgIpc) is 2.63. The Morgan fingerprint density at radius 1 is 0.889 bits per heavy atom. The zero-order valence-corrected chi connectivity index (χ0v) is 16.5. The number of alkyl halides is 3. The number of allylic oxidation sites excluding steroid dienone is 4. The largest absolute Gasteiger partial charge is 0.450 e. The molecule has 0 N–H and O–H groups in total. The van der Waals surface area contributed by atoms with E-state index in [9.17, 15) is 22.8 Å². The Hall–Kier alpha value is -1.39. The van der Waals surface area contributed by atoms with Crippen LogP contribution >= 0.6 is 0 Å². The Morgan fingerprint density at radius 3 is 1.93 bits per heavy atom. The van der Waals surface area contributed by atoms with Crippen molar-refractivity contribution in [3.8, 4) is 0 Å². The summed E-state index contributed by atoms with van der Waals surface area (Å²) in [6.07, 6.45) is 13.5. The van der Waals surface area contributed by atoms with Crippen molar-refractivity contribution in [2.75, 3.05) is 0 Å². The van der Waals surface area contributed by atoms with Gasteiger partial charge in [-0.2, -0.15) is 13.2 Å². The Labute approximate surface area is 161 Å². The summed E-state index contributed by atoms with van der Waals surface area (Å²) in [6.45, 7) is 2.20. The summed E-state index contributed by atoms with van der Waals surface area (Å²) in [5.74, 6) is -2.56. The van der Waals surface area contributed by atoms with Gasteiger partial charge in [0.2, 0.25) is 5.78 Å². The summed E-state index contributed by atoms with van der Waals surface area (Å²) in [7, 11) is 0. The van der Waals surface area contributed by atoms with Crippen molar-refractivity contribution < 1.29 is 22.8 Å². The summed E-state index contributed by atoms with van der Waals surface area (Å²) in [4.78, 5) is 23.7. The minimum atomic E-state index is -4.94. The normalized spacial score (nSPS) is 19.4. The third-order valence-corrected chi connectivity index (χ3v) is 5.31. The predicted octanol–water partition coefficient (Wildman–Crippen LogP) is 6.89. The van der Waals surface area contributed by atoms with Crippen LogP contribution in [0.25, 0.3) is 0 Å². The van der Waals surface area contributed by atoms with Crippen LogP contribution in [0.1, 0.15) is 90.4 Å². The van der Waals surface area contributed by atoms with Gasteiger partial charge < -0.3 is 0 Å². The highest BCUT2D eigenvalue weighted by Crippen LogP contribution is 2.37. The van der Waals surface area contributed by atoms with Gasteiger partial charge in [0, 0.05) is 0 Å². The van der Waals surface area contributed by atoms with Crippen LogP contribution in [0.4, 0.5) is 13.2 Å². The van der Waals surface area contributed by atoms with E-state index in [2.05, 4.69) is 6.92 Å². The topological polar surface area (TPSA) is 34.1 Å². The van der Waals surface area contributed by atoms with Crippen LogP contribution in [0.2, 0.25) is 0 Å². The Balaban J connectivity index is 2.36. The number of hydrogen-bond acceptors (Lipinski definition) is 2. The first-order valence-corrected chi connectivity index (χ1v) is 10.3. The van der Waals surface area contributed by atoms with Crippen molar-refractivity contribution >= 4 is 11.6 Å². The Morgan fingerprint density at radius 2 is 1.44 bits per heavy atom. The third kappa shape index (κ3) is 8.89. The molecule has 0 amide bonds. The molecule has 0 aromatic rings. The minimum Gasteiger partial charge on any atom is -0.298 e. The van der Waals surface area contributed by atoms with Gasteiger partial charge in [-0.05, 0) is 12.8 Å². The quantitative estimate of drug-likeness (QED) is 0.241. The molecule has 0 radical (unpaired) electrons. The average molecular weight is 386 g/mol. The second-order valence-electron chi connectivity index (χ2n) is 7.60. The predicted molar refractivity (Wildman–Crippen MR) is 102 cm³/mol. The molecule has 1 unspecified atom stereocenters. The standard InChI is InChI=1S/C22H33F3O2/c1-2-3-4-5-6-7-8-9-10-12-15-21(16-13-11-14-17-21)19(26)18-20(27)22(23,24)25/h11,13-14,16H,2-10,12,15,17-18H2,1H3. The highest BCUT2D eigenvalue weighted by molar-refractivity contribution is 6.04. The second-order valence-corrected chi connectivity index (χ2v) is 7.60. The second kappa shape index (κ2) is 12.1. The summed E-state index contributed by atoms with van der Waals surface area (Å²) >= 11 is 0. The van der Waals surface area contributed by atoms with Gasteiger partial charge in [0.25, 0.3) is 0 Å². The summed E-state index contributed by atoms with van der Waals surface area (Å²) in [5, 5.41) is 0. The number of Topliss-reactive ketones (excluding diaryl/α,β-unsaturated/α-hetero) is 2. The number of hydrogen-bond donors (Lipinski definition) is 0. The van der Waals surface area contributed by atoms with Gasteiger partial charge in [-0.3, -0.25) is 9.59 Å². The molecule has 154 valence electrons. The van der Waals surface area contributed by atoms with Crippen LogP contribution in [-0.2, 0) is 9.59 Å². The van der Waals surface area contributed by atoms with Crippen LogP contribution in [0.15, 0.2) is 24.3 Å². The van der Waals surface area contributed by atoms with Crippen molar-refractivity contribution in [3.63, 3.8) is 0 Å². The zero-order chi connectivity index (χ0) is 20.2. The number of halogens is 3. The highest BCUT2D eigenvalue weighted by Gasteiger charge is 2.43. The molecular weight excluding hydrogens is 353 g/mol. The van der Waals surface area contributed by atoms with E-state index < -0.39 is 29.6 Å². The molecule has 0 fully saturated rings. The van der Waals surface area contributed by atoms with E-state index in [0.29, 0.717) is 12.8 Å². The van der Waals surface area contributed by atoms with Crippen molar-refractivity contribution in [1.29, 1.82) is 0 Å². The first-order chi connectivity index (χ1) is 12.8. The number of carbonyl (C=O) groups excluding carboxylic acids is 2. The lowest BCUT2D eigenvalue weighted by Crippen LogP contribution is -2.35. The maximum atomic E-state index is 12.5. The van der Waals surface area contributed by atoms with Gasteiger partial charge in [0.05, 0.1) is 11.8 Å². The van der Waals surface area contributed by atoms with E-state index in [0.717, 1.165) is 25.7 Å². The van der Waals surface area contributed by atoms with Gasteiger partial charge in [0.1, 0.15) is 0 Å². The fourth-order valence-electron chi connectivity index (χ4n) is 3.55. The fourth-order valence-corrected chi connectivity index (χ4v) is 3.55. The van der Waals surface area contributed by atoms with Crippen LogP contribution in [0.5, 0.6) is 0 Å². The lowest BCUT2D eigenvalue weighted by molar-refractivity contribution is -0.172. The third-order valence-electron chi connectivity index (χ3n) is 5.31. The van der Waals surface area contributed by atoms with Gasteiger partial charge in [-0.1, -0.05) is 95.4 Å². The number of ketones is 2. The SMILES string of the molecule is CCCCCCCCCCCCC1(C(=O)CC(=O)C(F)(F)F)C=CC=CC1. The molecule has 0 spiro atoms. The molecule has 1 aliphatic rings. The first-order valence-electron chi connectivity index (χ1n) is 10.3. The van der Waals surface area contributed by atoms with Crippen LogP contribution in [0, 0.1) is 5.41 Å². The Bertz CT molecular complexity index is 520. The summed E-state index contributed by atoms with van der Waals surface area (Å²) < 4.78 is 37.5. The van der Waals surface area contributed by atoms with E-state index >= 15 is 0 Å². The number of rotatable bonds is 14. The fraction of sp³-hybridized carbons (Fsp3) is 0.727. The van der Waals surface area contributed by atoms with E-state index in [1.807, 2.05) is 0 Å². The monoisotopic (exact) mass is 386 g/mol. The minimum absolute atomic E-state index is 0.380. The summed E-state index contributed by atoms with van der Waals surface area (Å²) in [6, 6.07) is 0. The maximum Gasteiger partial charge on any atom is 0.450 e. The van der Waals surface area contributed by atoms with Crippen molar-refractivity contribution in [2.24, 2.45) is 5.41 Å². The van der Waals surface area contributed by atoms with Crippen LogP contribution in [0.3, 0.4) is 0 Å². The van der Waals surface area contributed by atoms with Gasteiger partial charge in [-0.25, -0.2) is 0 Å². The first kappa shape index (κ1) is 23.6. The van der Waals surface area contributed by atoms with E-state index in [4.69, 9.17) is 0 Å². The molecule has 1 atom stereocenters. The molecule has 0 saturated carbocycles. The summed E-state index contributed by atoms with van der Waals surface area (Å²) in [5.41, 5.74) is -0.949. The molecule has 1 rings (SSSR count). The lowest BCUT2D eigenvalue weighted by Gasteiger charge is -2.30. The smallest absolute Gasteiger partial charge is 0.298 e.